The molecule has 1 fully saturated rings. The first-order valence-corrected chi connectivity index (χ1v) is 7.04. The summed E-state index contributed by atoms with van der Waals surface area (Å²) < 4.78 is 5.05. The normalized spacial score (nSPS) is 14.9. The molecule has 1 aromatic carbocycles. The smallest absolute Gasteiger partial charge is 0.337 e. The molecular weight excluding hydrogens is 272 g/mol. The summed E-state index contributed by atoms with van der Waals surface area (Å²) >= 11 is 0. The molecule has 1 aliphatic rings. The lowest BCUT2D eigenvalue weighted by Gasteiger charge is -2.13. The summed E-state index contributed by atoms with van der Waals surface area (Å²) in [6, 6.07) is 4.87. The molecule has 0 atom stereocenters. The summed E-state index contributed by atoms with van der Waals surface area (Å²) in [7, 11) is 1.49. The Kier molecular flexibility index (Phi) is 5.16. The highest BCUT2D eigenvalue weighted by Gasteiger charge is 2.17. The molecule has 0 bridgehead atoms. The molecule has 0 heterocycles. The molecule has 1 amide bonds. The van der Waals surface area contributed by atoms with Crippen LogP contribution >= 0.6 is 0 Å². The van der Waals surface area contributed by atoms with E-state index in [9.17, 15) is 9.59 Å². The summed E-state index contributed by atoms with van der Waals surface area (Å²) in [4.78, 5) is 23.1. The van der Waals surface area contributed by atoms with Gasteiger partial charge in [0.1, 0.15) is 5.75 Å². The summed E-state index contributed by atoms with van der Waals surface area (Å²) in [6.07, 6.45) is 4.57. The number of hydrogen-bond donors (Lipinski definition) is 3. The maximum absolute atomic E-state index is 11.9. The summed E-state index contributed by atoms with van der Waals surface area (Å²) in [6.45, 7) is 0.181. The van der Waals surface area contributed by atoms with Crippen LogP contribution in [0.4, 0.5) is 5.69 Å². The van der Waals surface area contributed by atoms with Gasteiger partial charge in [0.2, 0.25) is 5.91 Å². The second-order valence-electron chi connectivity index (χ2n) is 5.13. The fraction of sp³-hybridized carbons (Fsp3) is 0.467. The van der Waals surface area contributed by atoms with Crippen LogP contribution in [0.15, 0.2) is 18.2 Å². The van der Waals surface area contributed by atoms with E-state index in [2.05, 4.69) is 10.6 Å². The van der Waals surface area contributed by atoms with Gasteiger partial charge in [0.05, 0.1) is 24.9 Å². The molecule has 0 unspecified atom stereocenters. The zero-order valence-electron chi connectivity index (χ0n) is 12.0. The van der Waals surface area contributed by atoms with Crippen molar-refractivity contribution in [2.75, 3.05) is 19.0 Å². The predicted molar refractivity (Wildman–Crippen MR) is 78.8 cm³/mol. The Balaban J connectivity index is 1.99. The van der Waals surface area contributed by atoms with Crippen LogP contribution in [0.25, 0.3) is 0 Å². The number of ether oxygens (including phenoxy) is 1. The van der Waals surface area contributed by atoms with Gasteiger partial charge in [-0.25, -0.2) is 4.79 Å². The average molecular weight is 292 g/mol. The maximum Gasteiger partial charge on any atom is 0.337 e. The number of amides is 1. The summed E-state index contributed by atoms with van der Waals surface area (Å²) in [5.41, 5.74) is 0.296. The van der Waals surface area contributed by atoms with Gasteiger partial charge < -0.3 is 20.5 Å². The van der Waals surface area contributed by atoms with Gasteiger partial charge in [-0.3, -0.25) is 4.79 Å². The first kappa shape index (κ1) is 15.3. The maximum atomic E-state index is 11.9. The number of benzene rings is 1. The number of rotatable bonds is 6. The number of carboxylic acids is 1. The molecule has 1 aromatic rings. The van der Waals surface area contributed by atoms with Crippen LogP contribution in [0.1, 0.15) is 36.0 Å². The van der Waals surface area contributed by atoms with E-state index in [0.717, 1.165) is 12.8 Å². The van der Waals surface area contributed by atoms with Gasteiger partial charge >= 0.3 is 5.97 Å². The molecule has 0 radical (unpaired) electrons. The Morgan fingerprint density at radius 2 is 2.05 bits per heavy atom. The Bertz CT molecular complexity index is 524. The molecule has 6 heteroatoms. The van der Waals surface area contributed by atoms with Crippen molar-refractivity contribution in [1.82, 2.24) is 5.32 Å². The number of carbonyl (C=O) groups is 2. The standard InChI is InChI=1S/C15H20N2O4/c1-21-11-6-7-12(15(19)20)13(8-11)17-14(18)9-16-10-4-2-3-5-10/h6-8,10,16H,2-5,9H2,1H3,(H,17,18)(H,19,20). The van der Waals surface area contributed by atoms with Crippen LogP contribution < -0.4 is 15.4 Å². The third-order valence-corrected chi connectivity index (χ3v) is 3.64. The zero-order valence-corrected chi connectivity index (χ0v) is 12.0. The number of nitrogens with one attached hydrogen (secondary N) is 2. The fourth-order valence-electron chi connectivity index (χ4n) is 2.50. The average Bonchev–Trinajstić information content (AvgIpc) is 2.98. The van der Waals surface area contributed by atoms with E-state index in [-0.39, 0.29) is 23.7 Å². The lowest BCUT2D eigenvalue weighted by molar-refractivity contribution is -0.115. The third kappa shape index (κ3) is 4.19. The van der Waals surface area contributed by atoms with E-state index in [0.29, 0.717) is 11.8 Å². The van der Waals surface area contributed by atoms with Crippen LogP contribution in [0.3, 0.4) is 0 Å². The van der Waals surface area contributed by atoms with Gasteiger partial charge in [-0.2, -0.15) is 0 Å². The Hall–Kier alpha value is -2.08. The van der Waals surface area contributed by atoms with Crippen molar-refractivity contribution >= 4 is 17.6 Å². The molecule has 0 saturated heterocycles. The number of methoxy groups -OCH3 is 1. The first-order chi connectivity index (χ1) is 10.1. The number of carbonyl (C=O) groups excluding carboxylic acids is 1. The third-order valence-electron chi connectivity index (χ3n) is 3.64. The molecule has 1 saturated carbocycles. The minimum Gasteiger partial charge on any atom is -0.497 e. The second-order valence-corrected chi connectivity index (χ2v) is 5.13. The quantitative estimate of drug-likeness (QED) is 0.745. The van der Waals surface area contributed by atoms with Crippen molar-refractivity contribution in [3.63, 3.8) is 0 Å². The van der Waals surface area contributed by atoms with E-state index in [4.69, 9.17) is 9.84 Å². The van der Waals surface area contributed by atoms with Gasteiger partial charge in [0.15, 0.2) is 0 Å². The highest BCUT2D eigenvalue weighted by atomic mass is 16.5. The largest absolute Gasteiger partial charge is 0.497 e. The van der Waals surface area contributed by atoms with Crippen LogP contribution in [0.5, 0.6) is 5.75 Å². The monoisotopic (exact) mass is 292 g/mol. The van der Waals surface area contributed by atoms with Gasteiger partial charge in [-0.1, -0.05) is 12.8 Å². The van der Waals surface area contributed by atoms with E-state index in [1.54, 1.807) is 6.07 Å². The topological polar surface area (TPSA) is 87.7 Å². The lowest BCUT2D eigenvalue weighted by atomic mass is 10.1. The lowest BCUT2D eigenvalue weighted by Crippen LogP contribution is -2.34. The van der Waals surface area contributed by atoms with Crippen molar-refractivity contribution in [2.24, 2.45) is 0 Å². The Labute approximate surface area is 123 Å². The summed E-state index contributed by atoms with van der Waals surface area (Å²) in [5, 5.41) is 15.0. The van der Waals surface area contributed by atoms with Crippen molar-refractivity contribution < 1.29 is 19.4 Å². The molecule has 0 spiro atoms. The van der Waals surface area contributed by atoms with Gasteiger partial charge in [-0.05, 0) is 25.0 Å². The molecule has 0 aromatic heterocycles. The zero-order chi connectivity index (χ0) is 15.2. The minimum absolute atomic E-state index is 0.0463. The van der Waals surface area contributed by atoms with Crippen molar-refractivity contribution in [1.29, 1.82) is 0 Å². The van der Waals surface area contributed by atoms with Crippen LogP contribution in [-0.2, 0) is 4.79 Å². The predicted octanol–water partition coefficient (Wildman–Crippen LogP) is 1.86. The van der Waals surface area contributed by atoms with Crippen molar-refractivity contribution in [3.8, 4) is 5.75 Å². The van der Waals surface area contributed by atoms with Crippen LogP contribution in [0.2, 0.25) is 0 Å². The Morgan fingerprint density at radius 1 is 1.33 bits per heavy atom. The highest BCUT2D eigenvalue weighted by molar-refractivity contribution is 6.01. The SMILES string of the molecule is COc1ccc(C(=O)O)c(NC(=O)CNC2CCCC2)c1. The number of aromatic carboxylic acids is 1. The van der Waals surface area contributed by atoms with Gasteiger partial charge in [-0.15, -0.1) is 0 Å². The molecule has 21 heavy (non-hydrogen) atoms. The molecule has 2 rings (SSSR count). The van der Waals surface area contributed by atoms with Gasteiger partial charge in [0.25, 0.3) is 0 Å². The molecular formula is C15H20N2O4. The number of carboxylic acid groups (broad SMARTS) is 1. The van der Waals surface area contributed by atoms with E-state index < -0.39 is 5.97 Å². The molecule has 3 N–H and O–H groups in total. The van der Waals surface area contributed by atoms with E-state index in [1.165, 1.54) is 32.1 Å². The number of anilines is 1. The molecule has 1 aliphatic carbocycles. The second kappa shape index (κ2) is 7.08. The van der Waals surface area contributed by atoms with E-state index in [1.807, 2.05) is 0 Å². The van der Waals surface area contributed by atoms with Crippen molar-refractivity contribution in [2.45, 2.75) is 31.7 Å². The Morgan fingerprint density at radius 3 is 2.67 bits per heavy atom. The molecule has 0 aliphatic heterocycles. The molecule has 6 nitrogen and oxygen atoms in total. The van der Waals surface area contributed by atoms with Crippen molar-refractivity contribution in [3.05, 3.63) is 23.8 Å². The summed E-state index contributed by atoms with van der Waals surface area (Å²) in [5.74, 6) is -0.839. The van der Waals surface area contributed by atoms with Gasteiger partial charge in [0, 0.05) is 12.1 Å². The van der Waals surface area contributed by atoms with Crippen LogP contribution in [0, 0.1) is 0 Å². The van der Waals surface area contributed by atoms with Crippen LogP contribution in [-0.4, -0.2) is 36.7 Å². The fourth-order valence-corrected chi connectivity index (χ4v) is 2.50. The number of hydrogen-bond acceptors (Lipinski definition) is 4. The minimum atomic E-state index is -1.09. The first-order valence-electron chi connectivity index (χ1n) is 7.04. The van der Waals surface area contributed by atoms with E-state index >= 15 is 0 Å². The molecule has 114 valence electrons. The highest BCUT2D eigenvalue weighted by Crippen LogP contribution is 2.22.